The summed E-state index contributed by atoms with van der Waals surface area (Å²) in [7, 11) is 8.51. The third-order valence-corrected chi connectivity index (χ3v) is 17.1. The van der Waals surface area contributed by atoms with Crippen LogP contribution in [0.4, 0.5) is 0 Å². The van der Waals surface area contributed by atoms with Gasteiger partial charge in [0.05, 0.1) is 0 Å². The molecule has 444 valence electrons. The molecule has 0 N–H and O–H groups in total. The van der Waals surface area contributed by atoms with Crippen LogP contribution in [0.5, 0.6) is 0 Å². The molecular formula is C69H147P3W. The Labute approximate surface area is 489 Å². The Morgan fingerprint density at radius 2 is 0.192 bits per heavy atom. The predicted molar refractivity (Wildman–Crippen MR) is 352 cm³/mol. The molecule has 0 aromatic heterocycles. The van der Waals surface area contributed by atoms with Crippen LogP contribution in [-0.4, -0.2) is 18.5 Å². The van der Waals surface area contributed by atoms with Gasteiger partial charge in [0.15, 0.2) is 0 Å². The molecule has 0 bridgehead atoms. The van der Waals surface area contributed by atoms with Crippen molar-refractivity contribution in [2.75, 3.05) is 18.5 Å². The van der Waals surface area contributed by atoms with Gasteiger partial charge in [-0.2, -0.15) is 0 Å². The van der Waals surface area contributed by atoms with Crippen molar-refractivity contribution in [1.82, 2.24) is 0 Å². The van der Waals surface area contributed by atoms with Gasteiger partial charge in [-0.05, 0) is 37.7 Å². The molecule has 0 rings (SSSR count). The average Bonchev–Trinajstić information content (AvgIpc) is 3.39. The summed E-state index contributed by atoms with van der Waals surface area (Å²) >= 11 is 0. The first-order chi connectivity index (χ1) is 35.7. The molecule has 0 aliphatic heterocycles. The Morgan fingerprint density at radius 3 is 0.260 bits per heavy atom. The van der Waals surface area contributed by atoms with Gasteiger partial charge in [0.25, 0.3) is 0 Å². The van der Waals surface area contributed by atoms with Gasteiger partial charge in [0, 0.05) is 21.1 Å². The van der Waals surface area contributed by atoms with Crippen LogP contribution in [-0.2, 0) is 21.1 Å². The summed E-state index contributed by atoms with van der Waals surface area (Å²) < 4.78 is 0. The first-order valence-electron chi connectivity index (χ1n) is 34.8. The Morgan fingerprint density at radius 1 is 0.123 bits per heavy atom. The summed E-state index contributed by atoms with van der Waals surface area (Å²) in [6.45, 7) is 6.90. The summed E-state index contributed by atoms with van der Waals surface area (Å²) in [4.78, 5) is 0. The van der Waals surface area contributed by atoms with E-state index in [0.717, 1.165) is 0 Å². The van der Waals surface area contributed by atoms with Gasteiger partial charge in [0.2, 0.25) is 0 Å². The van der Waals surface area contributed by atoms with Crippen molar-refractivity contribution in [3.05, 3.63) is 0 Å². The zero-order valence-corrected chi connectivity index (χ0v) is 58.2. The molecule has 0 aliphatic rings. The number of rotatable bonds is 63. The van der Waals surface area contributed by atoms with Crippen LogP contribution in [0.1, 0.15) is 425 Å². The van der Waals surface area contributed by atoms with Gasteiger partial charge in [-0.15, -0.1) is 27.7 Å². The van der Waals surface area contributed by atoms with E-state index in [2.05, 4.69) is 48.5 Å². The standard InChI is InChI=1S/3C23H49P.W/c3*1-2-3-4-5-6-7-8-9-10-11-12-13-14-15-16-17-18-19-20-21-22-23-24;/h3*2-24H2,1H3;. The third-order valence-electron chi connectivity index (χ3n) is 15.9. The van der Waals surface area contributed by atoms with E-state index in [1.54, 1.807) is 0 Å². The molecule has 0 nitrogen and oxygen atoms in total. The van der Waals surface area contributed by atoms with Gasteiger partial charge in [0.1, 0.15) is 0 Å². The molecule has 0 spiro atoms. The zero-order valence-electron chi connectivity index (χ0n) is 51.8. The van der Waals surface area contributed by atoms with Crippen molar-refractivity contribution in [1.29, 1.82) is 0 Å². The van der Waals surface area contributed by atoms with Crippen LogP contribution in [0.3, 0.4) is 0 Å². The fourth-order valence-corrected chi connectivity index (χ4v) is 11.6. The predicted octanol–water partition coefficient (Wildman–Crippen LogP) is 27.2. The van der Waals surface area contributed by atoms with Crippen molar-refractivity contribution in [2.24, 2.45) is 0 Å². The van der Waals surface area contributed by atoms with Crippen molar-refractivity contribution < 1.29 is 21.1 Å². The van der Waals surface area contributed by atoms with E-state index in [1.165, 1.54) is 423 Å². The molecule has 73 heavy (non-hydrogen) atoms. The van der Waals surface area contributed by atoms with Gasteiger partial charge < -0.3 is 0 Å². The van der Waals surface area contributed by atoms with E-state index in [9.17, 15) is 0 Å². The molecular weight excluding hydrogens is 1110 g/mol. The quantitative estimate of drug-likeness (QED) is 0.0421. The molecule has 0 aromatic rings. The van der Waals surface area contributed by atoms with E-state index >= 15 is 0 Å². The Hall–Kier alpha value is 1.98. The zero-order chi connectivity index (χ0) is 52.7. The molecule has 3 atom stereocenters. The summed E-state index contributed by atoms with van der Waals surface area (Å²) in [6.07, 6.45) is 96.6. The second-order valence-corrected chi connectivity index (χ2v) is 25.3. The molecule has 0 amide bonds. The average molecular weight is 1250 g/mol. The second kappa shape index (κ2) is 85.3. The normalized spacial score (nSPS) is 11.1. The molecule has 0 saturated carbocycles. The molecule has 0 saturated heterocycles. The van der Waals surface area contributed by atoms with E-state index in [-0.39, 0.29) is 21.1 Å². The topological polar surface area (TPSA) is 0 Å². The molecule has 0 fully saturated rings. The van der Waals surface area contributed by atoms with E-state index < -0.39 is 0 Å². The van der Waals surface area contributed by atoms with Crippen LogP contribution in [0.2, 0.25) is 0 Å². The molecule has 0 radical (unpaired) electrons. The minimum Gasteiger partial charge on any atom is -0.138 e. The number of unbranched alkanes of at least 4 members (excludes halogenated alkanes) is 60. The minimum absolute atomic E-state index is 0. The van der Waals surface area contributed by atoms with Gasteiger partial charge in [-0.1, -0.05) is 406 Å². The van der Waals surface area contributed by atoms with Crippen molar-refractivity contribution in [3.63, 3.8) is 0 Å². The van der Waals surface area contributed by atoms with E-state index in [4.69, 9.17) is 0 Å². The monoisotopic (exact) mass is 1250 g/mol. The van der Waals surface area contributed by atoms with Crippen LogP contribution in [0.25, 0.3) is 0 Å². The first kappa shape index (κ1) is 81.5. The Kier molecular flexibility index (Phi) is 95.1. The van der Waals surface area contributed by atoms with Gasteiger partial charge in [-0.3, -0.25) is 0 Å². The summed E-state index contributed by atoms with van der Waals surface area (Å²) in [6, 6.07) is 0. The summed E-state index contributed by atoms with van der Waals surface area (Å²) in [5.41, 5.74) is 0. The largest absolute Gasteiger partial charge is 0.138 e. The molecule has 4 heteroatoms. The number of hydrogen-bond donors (Lipinski definition) is 0. The maximum Gasteiger partial charge on any atom is 0 e. The summed E-state index contributed by atoms with van der Waals surface area (Å²) in [5, 5.41) is 0. The molecule has 3 unspecified atom stereocenters. The fourth-order valence-electron chi connectivity index (χ4n) is 10.7. The van der Waals surface area contributed by atoms with Crippen LogP contribution in [0, 0.1) is 0 Å². The smallest absolute Gasteiger partial charge is 0 e. The maximum absolute atomic E-state index is 2.84. The summed E-state index contributed by atoms with van der Waals surface area (Å²) in [5.74, 6) is 0. The van der Waals surface area contributed by atoms with E-state index in [0.29, 0.717) is 0 Å². The molecule has 0 heterocycles. The Bertz CT molecular complexity index is 653. The minimum atomic E-state index is 0. The van der Waals surface area contributed by atoms with Crippen molar-refractivity contribution in [3.8, 4) is 0 Å². The van der Waals surface area contributed by atoms with Crippen molar-refractivity contribution >= 4 is 27.7 Å². The van der Waals surface area contributed by atoms with Gasteiger partial charge >= 0.3 is 0 Å². The van der Waals surface area contributed by atoms with Crippen LogP contribution < -0.4 is 0 Å². The third kappa shape index (κ3) is 90.8. The first-order valence-corrected chi connectivity index (χ1v) is 37.3. The Balaban J connectivity index is -0.000000486. The van der Waals surface area contributed by atoms with E-state index in [1.807, 2.05) is 0 Å². The van der Waals surface area contributed by atoms with Crippen molar-refractivity contribution in [2.45, 2.75) is 425 Å². The fraction of sp³-hybridized carbons (Fsp3) is 1.00. The van der Waals surface area contributed by atoms with Crippen LogP contribution >= 0.6 is 27.7 Å². The molecule has 0 aromatic carbocycles. The van der Waals surface area contributed by atoms with Crippen LogP contribution in [0.15, 0.2) is 0 Å². The molecule has 0 aliphatic carbocycles. The van der Waals surface area contributed by atoms with Gasteiger partial charge in [-0.25, -0.2) is 0 Å². The second-order valence-electron chi connectivity index (χ2n) is 23.6. The maximum atomic E-state index is 2.84. The SMILES string of the molecule is CCCCCCCCCCCCCCCCCCCCCCCP.CCCCCCCCCCCCCCCCCCCCCCCP.CCCCCCCCCCCCCCCCCCCCCCCP.[W]. The number of hydrogen-bond acceptors (Lipinski definition) is 0.